The Balaban J connectivity index is 2.64. The molecule has 6 nitrogen and oxygen atoms in total. The molecule has 0 saturated heterocycles. The van der Waals surface area contributed by atoms with Crippen LogP contribution in [-0.2, 0) is 20.9 Å². The predicted molar refractivity (Wildman–Crippen MR) is 78.7 cm³/mol. The summed E-state index contributed by atoms with van der Waals surface area (Å²) in [5.74, 6) is -1.20. The van der Waals surface area contributed by atoms with Gasteiger partial charge in [0.05, 0.1) is 0 Å². The Hall–Kier alpha value is -2.37. The normalized spacial score (nSPS) is 10.0. The zero-order valence-electron chi connectivity index (χ0n) is 12.3. The van der Waals surface area contributed by atoms with Crippen molar-refractivity contribution < 1.29 is 19.5 Å². The van der Waals surface area contributed by atoms with Gasteiger partial charge in [0.1, 0.15) is 0 Å². The Kier molecular flexibility index (Phi) is 6.39. The molecule has 0 aliphatic heterocycles. The van der Waals surface area contributed by atoms with E-state index in [9.17, 15) is 14.4 Å². The van der Waals surface area contributed by atoms with Gasteiger partial charge in [-0.05, 0) is 18.1 Å². The molecule has 0 atom stereocenters. The summed E-state index contributed by atoms with van der Waals surface area (Å²) in [5, 5.41) is 11.3. The van der Waals surface area contributed by atoms with Gasteiger partial charge in [0.2, 0.25) is 11.8 Å². The van der Waals surface area contributed by atoms with Crippen molar-refractivity contribution in [3.8, 4) is 0 Å². The van der Waals surface area contributed by atoms with E-state index >= 15 is 0 Å². The maximum absolute atomic E-state index is 11.8. The number of aliphatic carboxylic acids is 1. The number of carbonyl (C=O) groups excluding carboxylic acids is 2. The second kappa shape index (κ2) is 8.04. The smallest absolute Gasteiger partial charge is 0.303 e. The van der Waals surface area contributed by atoms with Crippen LogP contribution < -0.4 is 5.32 Å². The van der Waals surface area contributed by atoms with Gasteiger partial charge in [-0.3, -0.25) is 14.4 Å². The fourth-order valence-corrected chi connectivity index (χ4v) is 1.76. The van der Waals surface area contributed by atoms with Gasteiger partial charge in [0.25, 0.3) is 0 Å². The quantitative estimate of drug-likeness (QED) is 0.803. The van der Waals surface area contributed by atoms with Crippen LogP contribution >= 0.6 is 0 Å². The average Bonchev–Trinajstić information content (AvgIpc) is 2.40. The Bertz CT molecular complexity index is 528. The highest BCUT2D eigenvalue weighted by atomic mass is 16.4. The van der Waals surface area contributed by atoms with E-state index in [-0.39, 0.29) is 24.7 Å². The van der Waals surface area contributed by atoms with E-state index in [2.05, 4.69) is 5.32 Å². The van der Waals surface area contributed by atoms with Crippen molar-refractivity contribution in [2.24, 2.45) is 0 Å². The van der Waals surface area contributed by atoms with Gasteiger partial charge in [-0.2, -0.15) is 0 Å². The molecule has 0 aliphatic rings. The standard InChI is InChI=1S/C15H20N2O4/c1-11(18)17(2)10-12-6-3-4-7-13(12)16-14(19)8-5-9-15(20)21/h3-4,6-7H,5,8-10H2,1-2H3,(H,16,19)(H,20,21). The Morgan fingerprint density at radius 3 is 2.48 bits per heavy atom. The zero-order valence-corrected chi connectivity index (χ0v) is 12.3. The highest BCUT2D eigenvalue weighted by molar-refractivity contribution is 5.91. The summed E-state index contributed by atoms with van der Waals surface area (Å²) < 4.78 is 0. The molecule has 0 unspecified atom stereocenters. The van der Waals surface area contributed by atoms with Crippen LogP contribution in [0, 0.1) is 0 Å². The molecule has 0 fully saturated rings. The van der Waals surface area contributed by atoms with Crippen LogP contribution in [0.5, 0.6) is 0 Å². The molecule has 0 spiro atoms. The van der Waals surface area contributed by atoms with E-state index in [0.717, 1.165) is 5.56 Å². The van der Waals surface area contributed by atoms with Crippen molar-refractivity contribution in [3.63, 3.8) is 0 Å². The highest BCUT2D eigenvalue weighted by Gasteiger charge is 2.10. The fourth-order valence-electron chi connectivity index (χ4n) is 1.76. The van der Waals surface area contributed by atoms with Gasteiger partial charge in [-0.25, -0.2) is 0 Å². The molecule has 0 heterocycles. The molecule has 114 valence electrons. The number of hydrogen-bond donors (Lipinski definition) is 2. The Morgan fingerprint density at radius 2 is 1.86 bits per heavy atom. The van der Waals surface area contributed by atoms with Gasteiger partial charge in [0, 0.05) is 39.0 Å². The molecule has 0 saturated carbocycles. The minimum absolute atomic E-state index is 0.0257. The van der Waals surface area contributed by atoms with E-state index < -0.39 is 5.97 Å². The Morgan fingerprint density at radius 1 is 1.19 bits per heavy atom. The molecule has 1 rings (SSSR count). The van der Waals surface area contributed by atoms with Gasteiger partial charge in [-0.15, -0.1) is 0 Å². The van der Waals surface area contributed by atoms with E-state index in [4.69, 9.17) is 5.11 Å². The van der Waals surface area contributed by atoms with E-state index in [1.165, 1.54) is 6.92 Å². The number of anilines is 1. The number of carbonyl (C=O) groups is 3. The molecule has 2 amide bonds. The van der Waals surface area contributed by atoms with E-state index in [0.29, 0.717) is 18.7 Å². The van der Waals surface area contributed by atoms with Crippen molar-refractivity contribution in [2.45, 2.75) is 32.7 Å². The summed E-state index contributed by atoms with van der Waals surface area (Å²) >= 11 is 0. The lowest BCUT2D eigenvalue weighted by Gasteiger charge is -2.17. The first-order chi connectivity index (χ1) is 9.90. The first-order valence-electron chi connectivity index (χ1n) is 6.71. The zero-order chi connectivity index (χ0) is 15.8. The summed E-state index contributed by atoms with van der Waals surface area (Å²) in [6.07, 6.45) is 0.433. The molecular formula is C15H20N2O4. The molecule has 0 aliphatic carbocycles. The van der Waals surface area contributed by atoms with E-state index in [1.54, 1.807) is 24.1 Å². The summed E-state index contributed by atoms with van der Waals surface area (Å²) in [4.78, 5) is 35.0. The summed E-state index contributed by atoms with van der Waals surface area (Å²) in [6.45, 7) is 1.88. The van der Waals surface area contributed by atoms with Crippen LogP contribution in [0.3, 0.4) is 0 Å². The topological polar surface area (TPSA) is 86.7 Å². The number of benzene rings is 1. The first-order valence-corrected chi connectivity index (χ1v) is 6.71. The molecule has 1 aromatic carbocycles. The Labute approximate surface area is 123 Å². The SMILES string of the molecule is CC(=O)N(C)Cc1ccccc1NC(=O)CCCC(=O)O. The van der Waals surface area contributed by atoms with E-state index in [1.807, 2.05) is 12.1 Å². The molecular weight excluding hydrogens is 272 g/mol. The third-order valence-electron chi connectivity index (χ3n) is 3.03. The van der Waals surface area contributed by atoms with Gasteiger partial charge in [0.15, 0.2) is 0 Å². The highest BCUT2D eigenvalue weighted by Crippen LogP contribution is 2.17. The lowest BCUT2D eigenvalue weighted by Crippen LogP contribution is -2.24. The summed E-state index contributed by atoms with van der Waals surface area (Å²) in [5.41, 5.74) is 1.48. The molecule has 0 bridgehead atoms. The number of rotatable bonds is 7. The molecule has 2 N–H and O–H groups in total. The van der Waals surface area contributed by atoms with Crippen molar-refractivity contribution >= 4 is 23.5 Å². The van der Waals surface area contributed by atoms with Crippen LogP contribution in [0.25, 0.3) is 0 Å². The number of carboxylic acids is 1. The van der Waals surface area contributed by atoms with Gasteiger partial charge in [-0.1, -0.05) is 18.2 Å². The van der Waals surface area contributed by atoms with Crippen LogP contribution in [0.2, 0.25) is 0 Å². The fraction of sp³-hybridized carbons (Fsp3) is 0.400. The van der Waals surface area contributed by atoms with Crippen molar-refractivity contribution in [1.82, 2.24) is 4.90 Å². The van der Waals surface area contributed by atoms with Gasteiger partial charge < -0.3 is 15.3 Å². The number of amides is 2. The predicted octanol–water partition coefficient (Wildman–Crippen LogP) is 1.86. The molecule has 0 aromatic heterocycles. The van der Waals surface area contributed by atoms with Crippen molar-refractivity contribution in [2.75, 3.05) is 12.4 Å². The van der Waals surface area contributed by atoms with Crippen LogP contribution in [0.4, 0.5) is 5.69 Å². The summed E-state index contributed by atoms with van der Waals surface area (Å²) in [7, 11) is 1.69. The number of carboxylic acid groups (broad SMARTS) is 1. The minimum Gasteiger partial charge on any atom is -0.481 e. The molecule has 1 aromatic rings. The van der Waals surface area contributed by atoms with Crippen LogP contribution in [0.15, 0.2) is 24.3 Å². The first kappa shape index (κ1) is 16.7. The van der Waals surface area contributed by atoms with Gasteiger partial charge >= 0.3 is 5.97 Å². The summed E-state index contributed by atoms with van der Waals surface area (Å²) in [6, 6.07) is 7.23. The number of para-hydroxylation sites is 1. The van der Waals surface area contributed by atoms with Crippen LogP contribution in [0.1, 0.15) is 31.7 Å². The second-order valence-electron chi connectivity index (χ2n) is 4.83. The van der Waals surface area contributed by atoms with Crippen molar-refractivity contribution in [3.05, 3.63) is 29.8 Å². The minimum atomic E-state index is -0.911. The number of nitrogens with one attached hydrogen (secondary N) is 1. The third kappa shape index (κ3) is 6.07. The third-order valence-corrected chi connectivity index (χ3v) is 3.03. The largest absolute Gasteiger partial charge is 0.481 e. The van der Waals surface area contributed by atoms with Crippen molar-refractivity contribution in [1.29, 1.82) is 0 Å². The molecule has 0 radical (unpaired) electrons. The number of hydrogen-bond acceptors (Lipinski definition) is 3. The maximum atomic E-state index is 11.8. The number of nitrogens with zero attached hydrogens (tertiary/aromatic N) is 1. The lowest BCUT2D eigenvalue weighted by atomic mass is 10.1. The monoisotopic (exact) mass is 292 g/mol. The molecule has 21 heavy (non-hydrogen) atoms. The average molecular weight is 292 g/mol. The molecule has 6 heteroatoms. The maximum Gasteiger partial charge on any atom is 0.303 e. The second-order valence-corrected chi connectivity index (χ2v) is 4.83. The lowest BCUT2D eigenvalue weighted by molar-refractivity contribution is -0.137. The van der Waals surface area contributed by atoms with Crippen LogP contribution in [-0.4, -0.2) is 34.8 Å².